The van der Waals surface area contributed by atoms with E-state index in [4.69, 9.17) is 11.6 Å². The SMILES string of the molecule is CC(Cl)C(=O)NC(=O)NCc1cccnc1. The first-order valence-corrected chi connectivity index (χ1v) is 5.15. The molecular weight excluding hydrogens is 230 g/mol. The minimum absolute atomic E-state index is 0.309. The highest BCUT2D eigenvalue weighted by molar-refractivity contribution is 6.31. The summed E-state index contributed by atoms with van der Waals surface area (Å²) in [4.78, 5) is 26.1. The molecular formula is C10H12ClN3O2. The molecule has 0 spiro atoms. The second kappa shape index (κ2) is 6.07. The third-order valence-corrected chi connectivity index (χ3v) is 1.97. The fourth-order valence-corrected chi connectivity index (χ4v) is 0.995. The van der Waals surface area contributed by atoms with Crippen molar-refractivity contribution < 1.29 is 9.59 Å². The highest BCUT2D eigenvalue weighted by Crippen LogP contribution is 1.95. The summed E-state index contributed by atoms with van der Waals surface area (Å²) >= 11 is 5.49. The summed E-state index contributed by atoms with van der Waals surface area (Å²) in [5, 5.41) is 3.89. The molecule has 0 saturated carbocycles. The summed E-state index contributed by atoms with van der Waals surface area (Å²) in [6, 6.07) is 3.02. The average molecular weight is 242 g/mol. The molecule has 0 aliphatic heterocycles. The molecule has 1 aromatic rings. The molecule has 5 nitrogen and oxygen atoms in total. The van der Waals surface area contributed by atoms with Crippen LogP contribution >= 0.6 is 11.6 Å². The number of hydrogen-bond donors (Lipinski definition) is 2. The van der Waals surface area contributed by atoms with E-state index < -0.39 is 17.3 Å². The minimum atomic E-state index is -0.732. The molecule has 1 heterocycles. The van der Waals surface area contributed by atoms with E-state index in [0.717, 1.165) is 5.56 Å². The lowest BCUT2D eigenvalue weighted by molar-refractivity contribution is -0.119. The second-order valence-corrected chi connectivity index (χ2v) is 3.80. The van der Waals surface area contributed by atoms with E-state index in [1.807, 2.05) is 6.07 Å². The number of nitrogens with zero attached hydrogens (tertiary/aromatic N) is 1. The van der Waals surface area contributed by atoms with Crippen LogP contribution < -0.4 is 10.6 Å². The van der Waals surface area contributed by atoms with Crippen LogP contribution in [0.15, 0.2) is 24.5 Å². The van der Waals surface area contributed by atoms with Gasteiger partial charge in [0.2, 0.25) is 5.91 Å². The van der Waals surface area contributed by atoms with E-state index in [9.17, 15) is 9.59 Å². The van der Waals surface area contributed by atoms with E-state index in [2.05, 4.69) is 15.6 Å². The monoisotopic (exact) mass is 241 g/mol. The van der Waals surface area contributed by atoms with E-state index in [0.29, 0.717) is 6.54 Å². The lowest BCUT2D eigenvalue weighted by Crippen LogP contribution is -2.41. The maximum absolute atomic E-state index is 11.2. The van der Waals surface area contributed by atoms with Crippen molar-refractivity contribution in [1.82, 2.24) is 15.6 Å². The Morgan fingerprint density at radius 2 is 2.31 bits per heavy atom. The largest absolute Gasteiger partial charge is 0.334 e. The van der Waals surface area contributed by atoms with Crippen LogP contribution in [0.5, 0.6) is 0 Å². The Bertz CT molecular complexity index is 368. The first kappa shape index (κ1) is 12.4. The molecule has 1 atom stereocenters. The quantitative estimate of drug-likeness (QED) is 0.777. The lowest BCUT2D eigenvalue weighted by Gasteiger charge is -2.07. The number of alkyl halides is 1. The molecule has 0 bridgehead atoms. The minimum Gasteiger partial charge on any atom is -0.334 e. The molecule has 16 heavy (non-hydrogen) atoms. The Morgan fingerprint density at radius 3 is 2.88 bits per heavy atom. The van der Waals surface area contributed by atoms with E-state index in [1.165, 1.54) is 6.92 Å². The van der Waals surface area contributed by atoms with Crippen molar-refractivity contribution in [1.29, 1.82) is 0 Å². The van der Waals surface area contributed by atoms with E-state index in [1.54, 1.807) is 18.5 Å². The van der Waals surface area contributed by atoms with Crippen LogP contribution in [0.2, 0.25) is 0 Å². The average Bonchev–Trinajstić information content (AvgIpc) is 2.27. The molecule has 3 amide bonds. The van der Waals surface area contributed by atoms with Gasteiger partial charge in [-0.05, 0) is 18.6 Å². The van der Waals surface area contributed by atoms with Crippen molar-refractivity contribution in [3.8, 4) is 0 Å². The van der Waals surface area contributed by atoms with Crippen LogP contribution in [0, 0.1) is 0 Å². The number of urea groups is 1. The number of halogens is 1. The van der Waals surface area contributed by atoms with Gasteiger partial charge in [-0.2, -0.15) is 0 Å². The molecule has 2 N–H and O–H groups in total. The number of carbonyl (C=O) groups is 2. The van der Waals surface area contributed by atoms with Gasteiger partial charge in [0.05, 0.1) is 0 Å². The van der Waals surface area contributed by atoms with Crippen LogP contribution in [0.25, 0.3) is 0 Å². The topological polar surface area (TPSA) is 71.1 Å². The summed E-state index contributed by atoms with van der Waals surface area (Å²) in [5.41, 5.74) is 0.851. The molecule has 0 aliphatic carbocycles. The molecule has 0 aromatic carbocycles. The normalized spacial score (nSPS) is 11.6. The van der Waals surface area contributed by atoms with Gasteiger partial charge in [0.1, 0.15) is 5.38 Å². The van der Waals surface area contributed by atoms with Crippen LogP contribution in [0.3, 0.4) is 0 Å². The summed E-state index contributed by atoms with van der Waals surface area (Å²) in [6.07, 6.45) is 3.27. The molecule has 0 radical (unpaired) electrons. The number of aromatic nitrogens is 1. The van der Waals surface area contributed by atoms with Gasteiger partial charge in [-0.3, -0.25) is 15.1 Å². The molecule has 86 valence electrons. The number of pyridine rings is 1. The zero-order chi connectivity index (χ0) is 12.0. The van der Waals surface area contributed by atoms with Gasteiger partial charge >= 0.3 is 6.03 Å². The molecule has 0 saturated heterocycles. The van der Waals surface area contributed by atoms with Crippen LogP contribution in [-0.4, -0.2) is 22.3 Å². The fourth-order valence-electron chi connectivity index (χ4n) is 0.941. The highest BCUT2D eigenvalue weighted by Gasteiger charge is 2.12. The first-order chi connectivity index (χ1) is 7.59. The van der Waals surface area contributed by atoms with Gasteiger partial charge in [0, 0.05) is 18.9 Å². The Kier molecular flexibility index (Phi) is 4.72. The lowest BCUT2D eigenvalue weighted by atomic mass is 10.3. The number of rotatable bonds is 3. The highest BCUT2D eigenvalue weighted by atomic mass is 35.5. The van der Waals surface area contributed by atoms with Crippen molar-refractivity contribution in [3.05, 3.63) is 30.1 Å². The number of amides is 3. The maximum atomic E-state index is 11.2. The van der Waals surface area contributed by atoms with Crippen LogP contribution in [0.4, 0.5) is 4.79 Å². The zero-order valence-electron chi connectivity index (χ0n) is 8.74. The maximum Gasteiger partial charge on any atom is 0.321 e. The van der Waals surface area contributed by atoms with Crippen molar-refractivity contribution in [2.75, 3.05) is 0 Å². The van der Waals surface area contributed by atoms with Crippen molar-refractivity contribution >= 4 is 23.5 Å². The van der Waals surface area contributed by atoms with Crippen LogP contribution in [-0.2, 0) is 11.3 Å². The standard InChI is InChI=1S/C10H12ClN3O2/c1-7(11)9(15)14-10(16)13-6-8-3-2-4-12-5-8/h2-5,7H,6H2,1H3,(H2,13,14,15,16). The fraction of sp³-hybridized carbons (Fsp3) is 0.300. The van der Waals surface area contributed by atoms with Crippen molar-refractivity contribution in [2.45, 2.75) is 18.8 Å². The third-order valence-electron chi connectivity index (χ3n) is 1.77. The summed E-state index contributed by atoms with van der Waals surface area (Å²) < 4.78 is 0. The summed E-state index contributed by atoms with van der Waals surface area (Å²) in [7, 11) is 0. The van der Waals surface area contributed by atoms with Crippen molar-refractivity contribution in [3.63, 3.8) is 0 Å². The Hall–Kier alpha value is -1.62. The van der Waals surface area contributed by atoms with Gasteiger partial charge in [0.25, 0.3) is 0 Å². The first-order valence-electron chi connectivity index (χ1n) is 4.71. The summed E-state index contributed by atoms with van der Waals surface area (Å²) in [6.45, 7) is 1.80. The van der Waals surface area contributed by atoms with Gasteiger partial charge in [-0.1, -0.05) is 6.07 Å². The van der Waals surface area contributed by atoms with Gasteiger partial charge in [-0.15, -0.1) is 11.6 Å². The third kappa shape index (κ3) is 4.27. The molecule has 0 fully saturated rings. The smallest absolute Gasteiger partial charge is 0.321 e. The summed E-state index contributed by atoms with van der Waals surface area (Å²) in [5.74, 6) is -0.523. The zero-order valence-corrected chi connectivity index (χ0v) is 9.49. The van der Waals surface area contributed by atoms with E-state index in [-0.39, 0.29) is 0 Å². The number of nitrogens with one attached hydrogen (secondary N) is 2. The molecule has 1 unspecified atom stereocenters. The molecule has 6 heteroatoms. The Labute approximate surface area is 98.2 Å². The van der Waals surface area contributed by atoms with Gasteiger partial charge < -0.3 is 5.32 Å². The Balaban J connectivity index is 2.34. The van der Waals surface area contributed by atoms with Gasteiger partial charge in [0.15, 0.2) is 0 Å². The van der Waals surface area contributed by atoms with Crippen LogP contribution in [0.1, 0.15) is 12.5 Å². The number of imide groups is 1. The molecule has 0 aliphatic rings. The van der Waals surface area contributed by atoms with Gasteiger partial charge in [-0.25, -0.2) is 4.79 Å². The van der Waals surface area contributed by atoms with Crippen molar-refractivity contribution in [2.24, 2.45) is 0 Å². The van der Waals surface area contributed by atoms with E-state index >= 15 is 0 Å². The molecule has 1 aromatic heterocycles. The predicted molar refractivity (Wildman–Crippen MR) is 59.9 cm³/mol. The number of hydrogen-bond acceptors (Lipinski definition) is 3. The molecule has 1 rings (SSSR count). The number of carbonyl (C=O) groups excluding carboxylic acids is 2. The Morgan fingerprint density at radius 1 is 1.56 bits per heavy atom. The predicted octanol–water partition coefficient (Wildman–Crippen LogP) is 1.03. The second-order valence-electron chi connectivity index (χ2n) is 3.15.